The lowest BCUT2D eigenvalue weighted by Gasteiger charge is -2.15. The summed E-state index contributed by atoms with van der Waals surface area (Å²) in [5, 5.41) is 22.9. The molecule has 5 aromatic rings. The van der Waals surface area contributed by atoms with Gasteiger partial charge in [0.05, 0.1) is 21.6 Å². The van der Waals surface area contributed by atoms with E-state index in [1.807, 2.05) is 48.7 Å². The van der Waals surface area contributed by atoms with E-state index < -0.39 is 6.10 Å². The van der Waals surface area contributed by atoms with Crippen LogP contribution < -0.4 is 9.75 Å². The lowest BCUT2D eigenvalue weighted by atomic mass is 9.91. The second-order valence-corrected chi connectivity index (χ2v) is 11.8. The molecular weight excluding hydrogens is 480 g/mol. The third-order valence-electron chi connectivity index (χ3n) is 7.45. The molecule has 3 atom stereocenters. The minimum absolute atomic E-state index is 0.376. The van der Waals surface area contributed by atoms with Gasteiger partial charge >= 0.3 is 0 Å². The van der Waals surface area contributed by atoms with Gasteiger partial charge in [-0.2, -0.15) is 0 Å². The fourth-order valence-electron chi connectivity index (χ4n) is 5.19. The van der Waals surface area contributed by atoms with Gasteiger partial charge in [0.15, 0.2) is 0 Å². The van der Waals surface area contributed by atoms with Crippen LogP contribution in [0.1, 0.15) is 67.9 Å². The van der Waals surface area contributed by atoms with Gasteiger partial charge in [0.25, 0.3) is 0 Å². The van der Waals surface area contributed by atoms with Crippen LogP contribution >= 0.6 is 22.7 Å². The maximum Gasteiger partial charge on any atom is 0.0787 e. The SMILES string of the molecule is CCC(O)c1ccc(-c2ccc3c(c2)sc2c4c(sc23)=CC(c2ccc(C(O)CC)cc2)CC=4)cc1. The zero-order valence-corrected chi connectivity index (χ0v) is 22.2. The number of aliphatic hydroxyl groups is 2. The molecule has 0 saturated carbocycles. The first kappa shape index (κ1) is 23.6. The topological polar surface area (TPSA) is 40.5 Å². The smallest absolute Gasteiger partial charge is 0.0787 e. The minimum Gasteiger partial charge on any atom is -0.388 e. The summed E-state index contributed by atoms with van der Waals surface area (Å²) in [6, 6.07) is 23.6. The highest BCUT2D eigenvalue weighted by atomic mass is 32.1. The van der Waals surface area contributed by atoms with E-state index in [-0.39, 0.29) is 6.10 Å². The molecule has 2 heterocycles. The normalized spacial score (nSPS) is 16.9. The van der Waals surface area contributed by atoms with E-state index in [0.29, 0.717) is 5.92 Å². The van der Waals surface area contributed by atoms with Gasteiger partial charge in [-0.3, -0.25) is 0 Å². The van der Waals surface area contributed by atoms with Crippen LogP contribution in [0.4, 0.5) is 0 Å². The van der Waals surface area contributed by atoms with Crippen LogP contribution in [-0.2, 0) is 0 Å². The Morgan fingerprint density at radius 2 is 1.42 bits per heavy atom. The lowest BCUT2D eigenvalue weighted by molar-refractivity contribution is 0.173. The van der Waals surface area contributed by atoms with Crippen molar-refractivity contribution in [3.05, 3.63) is 93.2 Å². The quantitative estimate of drug-likeness (QED) is 0.250. The van der Waals surface area contributed by atoms with Crippen LogP contribution in [0.25, 0.3) is 42.8 Å². The molecule has 2 aromatic heterocycles. The Balaban J connectivity index is 1.33. The molecule has 4 heteroatoms. The molecule has 2 N–H and O–H groups in total. The molecule has 0 radical (unpaired) electrons. The van der Waals surface area contributed by atoms with Crippen molar-refractivity contribution in [1.29, 1.82) is 0 Å². The Kier molecular flexibility index (Phi) is 6.30. The molecule has 0 spiro atoms. The molecule has 0 saturated heterocycles. The molecule has 0 fully saturated rings. The van der Waals surface area contributed by atoms with Gasteiger partial charge in [-0.1, -0.05) is 86.7 Å². The third kappa shape index (κ3) is 4.12. The van der Waals surface area contributed by atoms with Gasteiger partial charge < -0.3 is 10.2 Å². The first-order valence-corrected chi connectivity index (χ1v) is 14.4. The Morgan fingerprint density at radius 1 is 0.778 bits per heavy atom. The summed E-state index contributed by atoms with van der Waals surface area (Å²) in [6.45, 7) is 4.01. The van der Waals surface area contributed by atoms with Crippen LogP contribution in [0, 0.1) is 0 Å². The van der Waals surface area contributed by atoms with Gasteiger partial charge in [-0.15, -0.1) is 22.7 Å². The van der Waals surface area contributed by atoms with Crippen LogP contribution in [0.3, 0.4) is 0 Å². The van der Waals surface area contributed by atoms with Crippen LogP contribution in [0.15, 0.2) is 66.7 Å². The third-order valence-corrected chi connectivity index (χ3v) is 9.97. The highest BCUT2D eigenvalue weighted by molar-refractivity contribution is 7.32. The van der Waals surface area contributed by atoms with Gasteiger partial charge in [-0.25, -0.2) is 0 Å². The van der Waals surface area contributed by atoms with Gasteiger partial charge in [-0.05, 0) is 53.1 Å². The summed E-state index contributed by atoms with van der Waals surface area (Å²) in [7, 11) is 0. The van der Waals surface area contributed by atoms with Gasteiger partial charge in [0.2, 0.25) is 0 Å². The molecule has 0 amide bonds. The second kappa shape index (κ2) is 9.60. The van der Waals surface area contributed by atoms with Crippen molar-refractivity contribution < 1.29 is 10.2 Å². The highest BCUT2D eigenvalue weighted by Gasteiger charge is 2.17. The van der Waals surface area contributed by atoms with E-state index in [2.05, 4.69) is 66.7 Å². The van der Waals surface area contributed by atoms with E-state index in [1.165, 1.54) is 45.9 Å². The van der Waals surface area contributed by atoms with E-state index in [4.69, 9.17) is 0 Å². The predicted molar refractivity (Wildman–Crippen MR) is 155 cm³/mol. The number of fused-ring (bicyclic) bond motifs is 5. The second-order valence-electron chi connectivity index (χ2n) is 9.70. The number of hydrogen-bond acceptors (Lipinski definition) is 4. The highest BCUT2D eigenvalue weighted by Crippen LogP contribution is 2.37. The molecule has 6 rings (SSSR count). The molecular formula is C32H30O2S2. The first-order chi connectivity index (χ1) is 17.6. The molecule has 3 aromatic carbocycles. The summed E-state index contributed by atoms with van der Waals surface area (Å²) >= 11 is 3.81. The van der Waals surface area contributed by atoms with Crippen LogP contribution in [0.2, 0.25) is 0 Å². The molecule has 0 aliphatic heterocycles. The Labute approximate surface area is 219 Å². The van der Waals surface area contributed by atoms with Crippen molar-refractivity contribution in [2.24, 2.45) is 0 Å². The number of thiophene rings is 2. The zero-order valence-electron chi connectivity index (χ0n) is 20.6. The van der Waals surface area contributed by atoms with Crippen molar-refractivity contribution >= 4 is 54.3 Å². The molecule has 1 aliphatic rings. The molecule has 36 heavy (non-hydrogen) atoms. The van der Waals surface area contributed by atoms with Crippen LogP contribution in [-0.4, -0.2) is 10.2 Å². The monoisotopic (exact) mass is 510 g/mol. The summed E-state index contributed by atoms with van der Waals surface area (Å²) < 4.78 is 5.50. The van der Waals surface area contributed by atoms with E-state index >= 15 is 0 Å². The van der Waals surface area contributed by atoms with Crippen molar-refractivity contribution in [1.82, 2.24) is 0 Å². The molecule has 3 unspecified atom stereocenters. The average molecular weight is 511 g/mol. The minimum atomic E-state index is -0.391. The molecule has 0 bridgehead atoms. The van der Waals surface area contributed by atoms with E-state index in [1.54, 1.807) is 0 Å². The fraction of sp³-hybridized carbons (Fsp3) is 0.250. The van der Waals surface area contributed by atoms with Gasteiger partial charge in [0.1, 0.15) is 0 Å². The van der Waals surface area contributed by atoms with Crippen LogP contribution in [0.5, 0.6) is 0 Å². The Bertz CT molecular complexity index is 1660. The Morgan fingerprint density at radius 3 is 2.08 bits per heavy atom. The molecule has 182 valence electrons. The first-order valence-electron chi connectivity index (χ1n) is 12.8. The zero-order chi connectivity index (χ0) is 24.8. The standard InChI is InChI=1S/C32H30O2S2/c1-3-27(33)21-9-5-19(6-10-21)23-13-15-25-29(17-23)35-32-26-16-14-24(18-30(26)36-31(25)32)20-7-11-22(12-8-20)28(34)4-2/h5-13,15-18,24,27-28,33-34H,3-4,14H2,1-2H3. The number of aliphatic hydroxyl groups excluding tert-OH is 2. The Hall–Kier alpha value is -2.76. The average Bonchev–Trinajstić information content (AvgIpc) is 3.47. The summed E-state index contributed by atoms with van der Waals surface area (Å²) in [4.78, 5) is 0. The largest absolute Gasteiger partial charge is 0.388 e. The maximum absolute atomic E-state index is 10.1. The fourth-order valence-corrected chi connectivity index (χ4v) is 8.00. The summed E-state index contributed by atoms with van der Waals surface area (Å²) in [6.07, 6.45) is 6.56. The van der Waals surface area contributed by atoms with Crippen molar-refractivity contribution in [3.63, 3.8) is 0 Å². The number of hydrogen-bond donors (Lipinski definition) is 2. The summed E-state index contributed by atoms with van der Waals surface area (Å²) in [5.41, 5.74) is 5.69. The van der Waals surface area contributed by atoms with Crippen molar-refractivity contribution in [3.8, 4) is 11.1 Å². The number of benzene rings is 3. The van der Waals surface area contributed by atoms with Crippen molar-refractivity contribution in [2.75, 3.05) is 0 Å². The maximum atomic E-state index is 10.1. The molecule has 2 nitrogen and oxygen atoms in total. The molecule has 1 aliphatic carbocycles. The van der Waals surface area contributed by atoms with Gasteiger partial charge in [0, 0.05) is 25.8 Å². The van der Waals surface area contributed by atoms with E-state index in [9.17, 15) is 10.2 Å². The van der Waals surface area contributed by atoms with E-state index in [0.717, 1.165) is 30.4 Å². The summed E-state index contributed by atoms with van der Waals surface area (Å²) in [5.74, 6) is 0.380. The number of rotatable bonds is 6. The lowest BCUT2D eigenvalue weighted by Crippen LogP contribution is -2.23. The van der Waals surface area contributed by atoms with Crippen molar-refractivity contribution in [2.45, 2.75) is 51.2 Å². The predicted octanol–water partition coefficient (Wildman–Crippen LogP) is 7.42.